The van der Waals surface area contributed by atoms with Gasteiger partial charge in [0.15, 0.2) is 0 Å². The molecule has 1 heterocycles. The second-order valence-corrected chi connectivity index (χ2v) is 6.34. The predicted molar refractivity (Wildman–Crippen MR) is 85.0 cm³/mol. The number of halogens is 2. The lowest BCUT2D eigenvalue weighted by Gasteiger charge is -2.15. The van der Waals surface area contributed by atoms with Crippen LogP contribution in [0.3, 0.4) is 0 Å². The summed E-state index contributed by atoms with van der Waals surface area (Å²) in [5.74, 6) is 0. The van der Waals surface area contributed by atoms with E-state index in [4.69, 9.17) is 0 Å². The summed E-state index contributed by atoms with van der Waals surface area (Å²) in [5.41, 5.74) is 3.46. The fourth-order valence-electron chi connectivity index (χ4n) is 2.02. The Hall–Kier alpha value is -0.650. The van der Waals surface area contributed by atoms with Crippen molar-refractivity contribution in [3.63, 3.8) is 0 Å². The van der Waals surface area contributed by atoms with Crippen molar-refractivity contribution in [1.29, 1.82) is 0 Å². The molecule has 2 rings (SSSR count). The normalized spacial score (nSPS) is 12.7. The molecule has 0 aliphatic heterocycles. The lowest BCUT2D eigenvalue weighted by molar-refractivity contribution is 0.547. The zero-order valence-corrected chi connectivity index (χ0v) is 14.4. The summed E-state index contributed by atoms with van der Waals surface area (Å²) in [6.45, 7) is 4.95. The smallest absolute Gasteiger partial charge is 0.0739 e. The Kier molecular flexibility index (Phi) is 4.81. The van der Waals surface area contributed by atoms with E-state index in [9.17, 15) is 0 Å². The summed E-state index contributed by atoms with van der Waals surface area (Å²) in [4.78, 5) is 0. The minimum Gasteiger partial charge on any atom is -0.305 e. The van der Waals surface area contributed by atoms with Crippen LogP contribution >= 0.6 is 31.9 Å². The van der Waals surface area contributed by atoms with Crippen LogP contribution in [-0.4, -0.2) is 9.78 Å². The molecule has 0 unspecified atom stereocenters. The first-order valence-corrected chi connectivity index (χ1v) is 7.74. The molecule has 1 atom stereocenters. The number of nitrogens with one attached hydrogen (secondary N) is 1. The molecule has 2 aromatic rings. The van der Waals surface area contributed by atoms with Crippen LogP contribution < -0.4 is 5.32 Å². The largest absolute Gasteiger partial charge is 0.305 e. The van der Waals surface area contributed by atoms with Gasteiger partial charge in [0.25, 0.3) is 0 Å². The van der Waals surface area contributed by atoms with Crippen LogP contribution in [0, 0.1) is 6.92 Å². The first-order valence-electron chi connectivity index (χ1n) is 6.16. The van der Waals surface area contributed by atoms with Crippen LogP contribution in [0.1, 0.15) is 29.9 Å². The Morgan fingerprint density at radius 3 is 2.68 bits per heavy atom. The van der Waals surface area contributed by atoms with Gasteiger partial charge in [-0.15, -0.1) is 0 Å². The molecule has 0 saturated carbocycles. The molecule has 0 radical (unpaired) electrons. The molecule has 102 valence electrons. The molecule has 0 fully saturated rings. The summed E-state index contributed by atoms with van der Waals surface area (Å²) in [6.07, 6.45) is 0. The molecular formula is C14H17Br2N3. The maximum atomic E-state index is 4.40. The third-order valence-corrected chi connectivity index (χ3v) is 4.71. The lowest BCUT2D eigenvalue weighted by Crippen LogP contribution is -2.20. The number of hydrogen-bond donors (Lipinski definition) is 1. The van der Waals surface area contributed by atoms with Crippen LogP contribution in [0.15, 0.2) is 33.2 Å². The highest BCUT2D eigenvalue weighted by atomic mass is 79.9. The minimum atomic E-state index is 0.291. The number of aromatic nitrogens is 2. The summed E-state index contributed by atoms with van der Waals surface area (Å²) in [6, 6.07) is 8.66. The van der Waals surface area contributed by atoms with Gasteiger partial charge in [-0.05, 0) is 47.5 Å². The van der Waals surface area contributed by atoms with E-state index in [2.05, 4.69) is 67.4 Å². The molecule has 0 saturated heterocycles. The fourth-order valence-corrected chi connectivity index (χ4v) is 2.91. The summed E-state index contributed by atoms with van der Waals surface area (Å²) in [7, 11) is 1.97. The molecule has 0 spiro atoms. The Morgan fingerprint density at radius 1 is 1.37 bits per heavy atom. The van der Waals surface area contributed by atoms with Crippen molar-refractivity contribution >= 4 is 31.9 Å². The molecule has 1 aromatic heterocycles. The van der Waals surface area contributed by atoms with Crippen LogP contribution in [0.2, 0.25) is 0 Å². The predicted octanol–water partition coefficient (Wildman–Crippen LogP) is 4.10. The second kappa shape index (κ2) is 6.20. The molecule has 0 aliphatic carbocycles. The maximum absolute atomic E-state index is 4.40. The molecule has 19 heavy (non-hydrogen) atoms. The number of aryl methyl sites for hydroxylation is 2. The number of nitrogens with zero attached hydrogens (tertiary/aromatic N) is 2. The van der Waals surface area contributed by atoms with Crippen LogP contribution in [0.4, 0.5) is 0 Å². The van der Waals surface area contributed by atoms with Crippen molar-refractivity contribution in [2.24, 2.45) is 7.05 Å². The van der Waals surface area contributed by atoms with E-state index in [1.165, 1.54) is 11.3 Å². The van der Waals surface area contributed by atoms with Gasteiger partial charge in [0.05, 0.1) is 15.9 Å². The second-order valence-electron chi connectivity index (χ2n) is 4.63. The highest BCUT2D eigenvalue weighted by Crippen LogP contribution is 2.22. The van der Waals surface area contributed by atoms with E-state index in [1.807, 2.05) is 24.7 Å². The topological polar surface area (TPSA) is 29.9 Å². The van der Waals surface area contributed by atoms with E-state index >= 15 is 0 Å². The minimum absolute atomic E-state index is 0.291. The average Bonchev–Trinajstić information content (AvgIpc) is 2.61. The van der Waals surface area contributed by atoms with Crippen molar-refractivity contribution in [1.82, 2.24) is 15.1 Å². The van der Waals surface area contributed by atoms with Gasteiger partial charge in [-0.3, -0.25) is 4.68 Å². The van der Waals surface area contributed by atoms with Gasteiger partial charge < -0.3 is 5.32 Å². The Morgan fingerprint density at radius 2 is 2.11 bits per heavy atom. The van der Waals surface area contributed by atoms with Gasteiger partial charge in [-0.25, -0.2) is 0 Å². The van der Waals surface area contributed by atoms with Crippen molar-refractivity contribution < 1.29 is 0 Å². The van der Waals surface area contributed by atoms with E-state index in [0.29, 0.717) is 6.04 Å². The highest BCUT2D eigenvalue weighted by molar-refractivity contribution is 9.10. The number of benzene rings is 1. The molecule has 3 nitrogen and oxygen atoms in total. The third kappa shape index (κ3) is 3.46. The monoisotopic (exact) mass is 385 g/mol. The molecule has 1 aromatic carbocycles. The molecule has 0 aliphatic rings. The standard InChI is InChI=1S/C14H17Br2N3/c1-9(11-5-4-6-12(15)7-11)17-8-13-14(16)10(2)18-19(13)3/h4-7,9,17H,8H2,1-3H3/t9-/m1/s1. The Labute approximate surface area is 130 Å². The van der Waals surface area contributed by atoms with Crippen molar-refractivity contribution in [2.45, 2.75) is 26.4 Å². The summed E-state index contributed by atoms with van der Waals surface area (Å²) >= 11 is 7.09. The molecule has 1 N–H and O–H groups in total. The Bertz CT molecular complexity index is 578. The van der Waals surface area contributed by atoms with Crippen molar-refractivity contribution in [2.75, 3.05) is 0 Å². The quantitative estimate of drug-likeness (QED) is 0.856. The Balaban J connectivity index is 2.06. The van der Waals surface area contributed by atoms with Gasteiger partial charge in [0, 0.05) is 24.1 Å². The number of hydrogen-bond acceptors (Lipinski definition) is 2. The lowest BCUT2D eigenvalue weighted by atomic mass is 10.1. The zero-order chi connectivity index (χ0) is 14.0. The van der Waals surface area contributed by atoms with Crippen LogP contribution in [0.25, 0.3) is 0 Å². The summed E-state index contributed by atoms with van der Waals surface area (Å²) in [5, 5.41) is 7.92. The van der Waals surface area contributed by atoms with E-state index in [-0.39, 0.29) is 0 Å². The van der Waals surface area contributed by atoms with Gasteiger partial charge in [-0.1, -0.05) is 28.1 Å². The van der Waals surface area contributed by atoms with E-state index in [1.54, 1.807) is 0 Å². The molecule has 0 bridgehead atoms. The first kappa shape index (κ1) is 14.8. The first-order chi connectivity index (χ1) is 8.99. The van der Waals surface area contributed by atoms with Gasteiger partial charge in [-0.2, -0.15) is 5.10 Å². The van der Waals surface area contributed by atoms with Gasteiger partial charge >= 0.3 is 0 Å². The third-order valence-electron chi connectivity index (χ3n) is 3.19. The fraction of sp³-hybridized carbons (Fsp3) is 0.357. The van der Waals surface area contributed by atoms with Crippen LogP contribution in [0.5, 0.6) is 0 Å². The van der Waals surface area contributed by atoms with E-state index < -0.39 is 0 Å². The maximum Gasteiger partial charge on any atom is 0.0739 e. The molecule has 0 amide bonds. The molecule has 5 heteroatoms. The SMILES string of the molecule is Cc1nn(C)c(CN[C@H](C)c2cccc(Br)c2)c1Br. The van der Waals surface area contributed by atoms with Crippen LogP contribution in [-0.2, 0) is 13.6 Å². The van der Waals surface area contributed by atoms with Crippen molar-refractivity contribution in [3.05, 3.63) is 50.2 Å². The van der Waals surface area contributed by atoms with E-state index in [0.717, 1.165) is 21.2 Å². The summed E-state index contributed by atoms with van der Waals surface area (Å²) < 4.78 is 4.11. The van der Waals surface area contributed by atoms with Crippen molar-refractivity contribution in [3.8, 4) is 0 Å². The highest BCUT2D eigenvalue weighted by Gasteiger charge is 2.12. The zero-order valence-electron chi connectivity index (χ0n) is 11.2. The average molecular weight is 387 g/mol. The van der Waals surface area contributed by atoms with Gasteiger partial charge in [0.2, 0.25) is 0 Å². The van der Waals surface area contributed by atoms with Gasteiger partial charge in [0.1, 0.15) is 0 Å². The molecular weight excluding hydrogens is 370 g/mol. The number of rotatable bonds is 4.